The standard InChI is InChI=1S/C20H22Cl2N2O5S/c1-14(29-19-7-4-16(21)12-18(19)22)20(25)23-13-15-2-5-17(6-3-15)30(26,27)24-8-10-28-11-9-24/h2-7,12,14H,8-11,13H2,1H3,(H,23,25). The summed E-state index contributed by atoms with van der Waals surface area (Å²) < 4.78 is 37.5. The van der Waals surface area contributed by atoms with Gasteiger partial charge in [-0.3, -0.25) is 4.79 Å². The number of benzene rings is 2. The predicted octanol–water partition coefficient (Wildman–Crippen LogP) is 3.10. The fourth-order valence-electron chi connectivity index (χ4n) is 2.86. The first-order valence-corrected chi connectivity index (χ1v) is 11.5. The third-order valence-electron chi connectivity index (χ3n) is 4.56. The summed E-state index contributed by atoms with van der Waals surface area (Å²) in [5.41, 5.74) is 0.765. The SMILES string of the molecule is CC(Oc1ccc(Cl)cc1Cl)C(=O)NCc1ccc(S(=O)(=O)N2CCOCC2)cc1. The predicted molar refractivity (Wildman–Crippen MR) is 114 cm³/mol. The number of nitrogens with zero attached hydrogens (tertiary/aromatic N) is 1. The maximum atomic E-state index is 12.6. The van der Waals surface area contributed by atoms with Crippen LogP contribution in [-0.4, -0.2) is 51.0 Å². The van der Waals surface area contributed by atoms with Crippen molar-refractivity contribution in [2.75, 3.05) is 26.3 Å². The molecule has 30 heavy (non-hydrogen) atoms. The third kappa shape index (κ3) is 5.65. The monoisotopic (exact) mass is 472 g/mol. The molecule has 0 spiro atoms. The van der Waals surface area contributed by atoms with Crippen molar-refractivity contribution >= 4 is 39.1 Å². The lowest BCUT2D eigenvalue weighted by molar-refractivity contribution is -0.127. The molecule has 3 rings (SSSR count). The molecule has 10 heteroatoms. The number of nitrogens with one attached hydrogen (secondary N) is 1. The van der Waals surface area contributed by atoms with Gasteiger partial charge in [0.1, 0.15) is 5.75 Å². The topological polar surface area (TPSA) is 84.9 Å². The summed E-state index contributed by atoms with van der Waals surface area (Å²) in [5, 5.41) is 3.56. The summed E-state index contributed by atoms with van der Waals surface area (Å²) in [6.45, 7) is 3.32. The minimum absolute atomic E-state index is 0.216. The van der Waals surface area contributed by atoms with E-state index in [0.717, 1.165) is 5.56 Å². The Morgan fingerprint density at radius 3 is 2.47 bits per heavy atom. The Hall–Kier alpha value is -1.84. The molecule has 2 aromatic rings. The van der Waals surface area contributed by atoms with Crippen LogP contribution in [0.15, 0.2) is 47.4 Å². The van der Waals surface area contributed by atoms with Crippen LogP contribution in [0.3, 0.4) is 0 Å². The number of carbonyl (C=O) groups excluding carboxylic acids is 1. The molecule has 1 unspecified atom stereocenters. The van der Waals surface area contributed by atoms with Crippen molar-refractivity contribution in [1.82, 2.24) is 9.62 Å². The third-order valence-corrected chi connectivity index (χ3v) is 7.01. The molecule has 1 atom stereocenters. The largest absolute Gasteiger partial charge is 0.479 e. The quantitative estimate of drug-likeness (QED) is 0.668. The van der Waals surface area contributed by atoms with Gasteiger partial charge in [-0.25, -0.2) is 8.42 Å². The molecule has 1 aliphatic rings. The molecule has 0 saturated carbocycles. The molecule has 1 aliphatic heterocycles. The first-order chi connectivity index (χ1) is 14.3. The molecule has 0 aromatic heterocycles. The molecule has 1 fully saturated rings. The minimum atomic E-state index is -3.54. The molecule has 0 bridgehead atoms. The van der Waals surface area contributed by atoms with Gasteiger partial charge in [0.05, 0.1) is 23.1 Å². The van der Waals surface area contributed by atoms with Crippen molar-refractivity contribution in [3.63, 3.8) is 0 Å². The Morgan fingerprint density at radius 1 is 1.17 bits per heavy atom. The first kappa shape index (κ1) is 22.8. The smallest absolute Gasteiger partial charge is 0.261 e. The molecule has 1 heterocycles. The number of morpholine rings is 1. The van der Waals surface area contributed by atoms with Crippen LogP contribution in [0.4, 0.5) is 0 Å². The van der Waals surface area contributed by atoms with Gasteiger partial charge >= 0.3 is 0 Å². The van der Waals surface area contributed by atoms with Crippen molar-refractivity contribution in [3.05, 3.63) is 58.1 Å². The summed E-state index contributed by atoms with van der Waals surface area (Å²) in [6.07, 6.45) is -0.773. The first-order valence-electron chi connectivity index (χ1n) is 9.33. The number of ether oxygens (including phenoxy) is 2. The zero-order valence-electron chi connectivity index (χ0n) is 16.3. The number of hydrogen-bond donors (Lipinski definition) is 1. The van der Waals surface area contributed by atoms with Crippen LogP contribution >= 0.6 is 23.2 Å². The van der Waals surface area contributed by atoms with Gasteiger partial charge in [-0.2, -0.15) is 4.31 Å². The summed E-state index contributed by atoms with van der Waals surface area (Å²) in [7, 11) is -3.54. The molecular weight excluding hydrogens is 451 g/mol. The Labute approximate surface area is 185 Å². The average molecular weight is 473 g/mol. The van der Waals surface area contributed by atoms with E-state index in [1.54, 1.807) is 43.3 Å². The Balaban J connectivity index is 1.55. The van der Waals surface area contributed by atoms with Crippen LogP contribution in [0.2, 0.25) is 10.0 Å². The van der Waals surface area contributed by atoms with Gasteiger partial charge < -0.3 is 14.8 Å². The van der Waals surface area contributed by atoms with Gasteiger partial charge in [0, 0.05) is 24.7 Å². The molecule has 1 N–H and O–H groups in total. The Bertz CT molecular complexity index is 993. The van der Waals surface area contributed by atoms with Crippen molar-refractivity contribution in [2.45, 2.75) is 24.5 Å². The number of hydrogen-bond acceptors (Lipinski definition) is 5. The van der Waals surface area contributed by atoms with Crippen LogP contribution in [-0.2, 0) is 26.1 Å². The van der Waals surface area contributed by atoms with E-state index in [9.17, 15) is 13.2 Å². The van der Waals surface area contributed by atoms with E-state index >= 15 is 0 Å². The summed E-state index contributed by atoms with van der Waals surface area (Å²) in [5.74, 6) is 0.0346. The number of halogens is 2. The van der Waals surface area contributed by atoms with Gasteiger partial charge in [-0.05, 0) is 42.8 Å². The van der Waals surface area contributed by atoms with Crippen molar-refractivity contribution in [3.8, 4) is 5.75 Å². The van der Waals surface area contributed by atoms with Crippen LogP contribution in [0.5, 0.6) is 5.75 Å². The second-order valence-corrected chi connectivity index (χ2v) is 9.49. The molecule has 7 nitrogen and oxygen atoms in total. The highest BCUT2D eigenvalue weighted by Gasteiger charge is 2.26. The lowest BCUT2D eigenvalue weighted by atomic mass is 10.2. The van der Waals surface area contributed by atoms with E-state index in [1.165, 1.54) is 10.4 Å². The summed E-state index contributed by atoms with van der Waals surface area (Å²) in [6, 6.07) is 11.2. The average Bonchev–Trinajstić information content (AvgIpc) is 2.75. The summed E-state index contributed by atoms with van der Waals surface area (Å²) in [4.78, 5) is 12.5. The summed E-state index contributed by atoms with van der Waals surface area (Å²) >= 11 is 11.9. The molecule has 0 aliphatic carbocycles. The molecule has 1 amide bonds. The maximum Gasteiger partial charge on any atom is 0.261 e. The van der Waals surface area contributed by atoms with Crippen LogP contribution in [0.1, 0.15) is 12.5 Å². The molecule has 2 aromatic carbocycles. The lowest BCUT2D eigenvalue weighted by Gasteiger charge is -2.26. The number of amides is 1. The fourth-order valence-corrected chi connectivity index (χ4v) is 4.72. The van der Waals surface area contributed by atoms with E-state index in [-0.39, 0.29) is 17.3 Å². The Morgan fingerprint density at radius 2 is 1.83 bits per heavy atom. The highest BCUT2D eigenvalue weighted by molar-refractivity contribution is 7.89. The van der Waals surface area contributed by atoms with Crippen molar-refractivity contribution < 1.29 is 22.7 Å². The highest BCUT2D eigenvalue weighted by atomic mass is 35.5. The van der Waals surface area contributed by atoms with Crippen LogP contribution in [0.25, 0.3) is 0 Å². The molecular formula is C20H22Cl2N2O5S. The molecule has 162 valence electrons. The van der Waals surface area contributed by atoms with Crippen LogP contribution in [0, 0.1) is 0 Å². The zero-order valence-corrected chi connectivity index (χ0v) is 18.6. The van der Waals surface area contributed by atoms with Gasteiger partial charge in [0.15, 0.2) is 6.10 Å². The number of carbonyl (C=O) groups is 1. The van der Waals surface area contributed by atoms with Crippen molar-refractivity contribution in [2.24, 2.45) is 0 Å². The molecule has 0 radical (unpaired) electrons. The fraction of sp³-hybridized carbons (Fsp3) is 0.350. The molecule has 1 saturated heterocycles. The number of sulfonamides is 1. The van der Waals surface area contributed by atoms with E-state index in [2.05, 4.69) is 5.32 Å². The normalized spacial score (nSPS) is 16.1. The maximum absolute atomic E-state index is 12.6. The minimum Gasteiger partial charge on any atom is -0.479 e. The van der Waals surface area contributed by atoms with Crippen molar-refractivity contribution in [1.29, 1.82) is 0 Å². The van der Waals surface area contributed by atoms with Gasteiger partial charge in [-0.1, -0.05) is 35.3 Å². The second-order valence-electron chi connectivity index (χ2n) is 6.71. The van der Waals surface area contributed by atoms with Gasteiger partial charge in [0.2, 0.25) is 10.0 Å². The Kier molecular flexibility index (Phi) is 7.60. The number of rotatable bonds is 7. The van der Waals surface area contributed by atoms with Gasteiger partial charge in [0.25, 0.3) is 5.91 Å². The lowest BCUT2D eigenvalue weighted by Crippen LogP contribution is -2.40. The van der Waals surface area contributed by atoms with E-state index in [4.69, 9.17) is 32.7 Å². The van der Waals surface area contributed by atoms with Gasteiger partial charge in [-0.15, -0.1) is 0 Å². The van der Waals surface area contributed by atoms with Crippen LogP contribution < -0.4 is 10.1 Å². The van der Waals surface area contributed by atoms with E-state index in [0.29, 0.717) is 42.1 Å². The second kappa shape index (κ2) is 9.98. The zero-order chi connectivity index (χ0) is 21.7. The van der Waals surface area contributed by atoms with E-state index in [1.807, 2.05) is 0 Å². The van der Waals surface area contributed by atoms with E-state index < -0.39 is 16.1 Å². The highest BCUT2D eigenvalue weighted by Crippen LogP contribution is 2.28.